The number of nitrogens with zero attached hydrogens (tertiary/aromatic N) is 1. The van der Waals surface area contributed by atoms with Crippen molar-refractivity contribution in [2.24, 2.45) is 0 Å². The van der Waals surface area contributed by atoms with Gasteiger partial charge in [-0.3, -0.25) is 4.79 Å². The zero-order chi connectivity index (χ0) is 31.1. The van der Waals surface area contributed by atoms with Crippen LogP contribution in [0.1, 0.15) is 21.5 Å². The molecular formula is C34H34N2O6S2. The molecule has 0 aliphatic heterocycles. The second-order valence-corrected chi connectivity index (χ2v) is 13.2. The number of carbonyl (C=O) groups is 1. The average Bonchev–Trinajstić information content (AvgIpc) is 3.53. The highest BCUT2D eigenvalue weighted by molar-refractivity contribution is 7.89. The van der Waals surface area contributed by atoms with Gasteiger partial charge in [0.05, 0.1) is 31.3 Å². The molecule has 0 saturated carbocycles. The fourth-order valence-corrected chi connectivity index (χ4v) is 7.24. The number of methoxy groups -OCH3 is 2. The first-order valence-corrected chi connectivity index (χ1v) is 16.4. The number of fused-ring (bicyclic) bond motifs is 1. The van der Waals surface area contributed by atoms with Gasteiger partial charge in [-0.2, -0.15) is 4.31 Å². The van der Waals surface area contributed by atoms with Crippen LogP contribution in [0.15, 0.2) is 113 Å². The van der Waals surface area contributed by atoms with Crippen LogP contribution in [-0.2, 0) is 23.0 Å². The summed E-state index contributed by atoms with van der Waals surface area (Å²) in [6.45, 7) is -0.262. The van der Waals surface area contributed by atoms with Gasteiger partial charge in [-0.05, 0) is 64.7 Å². The Morgan fingerprint density at radius 2 is 1.55 bits per heavy atom. The molecule has 1 aromatic heterocycles. The molecule has 0 saturated heterocycles. The van der Waals surface area contributed by atoms with Gasteiger partial charge in [0.2, 0.25) is 10.0 Å². The summed E-state index contributed by atoms with van der Waals surface area (Å²) >= 11 is 1.59. The van der Waals surface area contributed by atoms with Crippen molar-refractivity contribution in [1.82, 2.24) is 9.62 Å². The first kappa shape index (κ1) is 31.2. The Labute approximate surface area is 261 Å². The maximum absolute atomic E-state index is 14.1. The molecule has 4 aromatic carbocycles. The fourth-order valence-electron chi connectivity index (χ4n) is 5.01. The number of benzene rings is 4. The molecule has 0 fully saturated rings. The van der Waals surface area contributed by atoms with E-state index in [1.165, 1.54) is 36.7 Å². The molecule has 1 amide bonds. The third-order valence-electron chi connectivity index (χ3n) is 7.38. The predicted molar refractivity (Wildman–Crippen MR) is 173 cm³/mol. The summed E-state index contributed by atoms with van der Waals surface area (Å²) in [6.07, 6.45) is -0.952. The van der Waals surface area contributed by atoms with Gasteiger partial charge in [0.25, 0.3) is 5.91 Å². The fraction of sp³-hybridized carbons (Fsp3) is 0.206. The molecule has 2 atom stereocenters. The van der Waals surface area contributed by atoms with Crippen LogP contribution in [0.25, 0.3) is 10.1 Å². The molecule has 0 aliphatic rings. The number of thiophene rings is 1. The summed E-state index contributed by atoms with van der Waals surface area (Å²) in [5, 5.41) is 17.6. The summed E-state index contributed by atoms with van der Waals surface area (Å²) in [5.41, 5.74) is 2.10. The van der Waals surface area contributed by atoms with E-state index < -0.39 is 22.2 Å². The molecule has 0 spiro atoms. The zero-order valence-electron chi connectivity index (χ0n) is 24.4. The van der Waals surface area contributed by atoms with Crippen molar-refractivity contribution in [3.05, 3.63) is 125 Å². The number of rotatable bonds is 13. The summed E-state index contributed by atoms with van der Waals surface area (Å²) in [4.78, 5) is 13.5. The van der Waals surface area contributed by atoms with Crippen molar-refractivity contribution in [3.8, 4) is 11.5 Å². The van der Waals surface area contributed by atoms with Gasteiger partial charge < -0.3 is 19.9 Å². The lowest BCUT2D eigenvalue weighted by molar-refractivity contribution is 0.0779. The monoisotopic (exact) mass is 630 g/mol. The lowest BCUT2D eigenvalue weighted by atomic mass is 10.00. The Balaban J connectivity index is 1.46. The van der Waals surface area contributed by atoms with Crippen LogP contribution in [0, 0.1) is 0 Å². The molecule has 228 valence electrons. The number of aliphatic hydroxyl groups is 1. The van der Waals surface area contributed by atoms with Gasteiger partial charge in [0, 0.05) is 29.4 Å². The van der Waals surface area contributed by atoms with Crippen molar-refractivity contribution < 1.29 is 27.8 Å². The van der Waals surface area contributed by atoms with Crippen LogP contribution in [0.3, 0.4) is 0 Å². The van der Waals surface area contributed by atoms with E-state index in [4.69, 9.17) is 9.47 Å². The summed E-state index contributed by atoms with van der Waals surface area (Å²) in [6, 6.07) is 29.7. The van der Waals surface area contributed by atoms with Crippen molar-refractivity contribution in [3.63, 3.8) is 0 Å². The molecule has 0 aliphatic carbocycles. The van der Waals surface area contributed by atoms with Gasteiger partial charge in [-0.15, -0.1) is 11.3 Å². The Bertz CT molecular complexity index is 1810. The number of ether oxygens (including phenoxy) is 2. The summed E-state index contributed by atoms with van der Waals surface area (Å²) in [5.74, 6) is 0.313. The molecule has 0 unspecified atom stereocenters. The topological polar surface area (TPSA) is 105 Å². The minimum atomic E-state index is -4.13. The van der Waals surface area contributed by atoms with Gasteiger partial charge in [0.1, 0.15) is 0 Å². The van der Waals surface area contributed by atoms with Gasteiger partial charge in [-0.1, -0.05) is 60.7 Å². The van der Waals surface area contributed by atoms with E-state index in [1.54, 1.807) is 17.4 Å². The predicted octanol–water partition coefficient (Wildman–Crippen LogP) is 5.51. The number of hydrogen-bond acceptors (Lipinski definition) is 7. The van der Waals surface area contributed by atoms with Crippen molar-refractivity contribution in [2.45, 2.75) is 30.0 Å². The normalized spacial score (nSPS) is 13.0. The third kappa shape index (κ3) is 7.28. The van der Waals surface area contributed by atoms with E-state index in [2.05, 4.69) is 5.32 Å². The molecule has 2 N–H and O–H groups in total. The maximum Gasteiger partial charge on any atom is 0.251 e. The first-order chi connectivity index (χ1) is 21.3. The maximum atomic E-state index is 14.1. The van der Waals surface area contributed by atoms with Gasteiger partial charge in [0.15, 0.2) is 11.5 Å². The number of nitrogens with one attached hydrogen (secondary N) is 1. The Morgan fingerprint density at radius 3 is 2.23 bits per heavy atom. The summed E-state index contributed by atoms with van der Waals surface area (Å²) in [7, 11) is -1.22. The van der Waals surface area contributed by atoms with E-state index in [9.17, 15) is 18.3 Å². The second-order valence-electron chi connectivity index (χ2n) is 10.3. The summed E-state index contributed by atoms with van der Waals surface area (Å²) < 4.78 is 41.1. The SMILES string of the molecule is COc1ccc(S(=O)(=O)N(Cc2ccccc2)C[C@@H](O)[C@H](Cc2ccccc2)NC(=O)c2ccc3sccc3c2)cc1OC. The second kappa shape index (κ2) is 14.0. The van der Waals surface area contributed by atoms with Crippen LogP contribution in [0.4, 0.5) is 0 Å². The van der Waals surface area contributed by atoms with Crippen LogP contribution >= 0.6 is 11.3 Å². The highest BCUT2D eigenvalue weighted by atomic mass is 32.2. The van der Waals surface area contributed by atoms with Crippen LogP contribution < -0.4 is 14.8 Å². The first-order valence-electron chi connectivity index (χ1n) is 14.0. The number of aliphatic hydroxyl groups excluding tert-OH is 1. The average molecular weight is 631 g/mol. The van der Waals surface area contributed by atoms with Crippen molar-refractivity contribution >= 4 is 37.4 Å². The number of amides is 1. The van der Waals surface area contributed by atoms with Crippen LogP contribution in [-0.4, -0.2) is 56.6 Å². The Hall–Kier alpha value is -4.22. The highest BCUT2D eigenvalue weighted by Gasteiger charge is 2.32. The lowest BCUT2D eigenvalue weighted by Crippen LogP contribution is -2.50. The number of hydrogen-bond donors (Lipinski definition) is 2. The molecule has 0 bridgehead atoms. The van der Waals surface area contributed by atoms with Gasteiger partial charge in [-0.25, -0.2) is 8.42 Å². The minimum Gasteiger partial charge on any atom is -0.493 e. The van der Waals surface area contributed by atoms with E-state index in [0.29, 0.717) is 17.7 Å². The van der Waals surface area contributed by atoms with Crippen LogP contribution in [0.5, 0.6) is 11.5 Å². The highest BCUT2D eigenvalue weighted by Crippen LogP contribution is 2.31. The van der Waals surface area contributed by atoms with Crippen molar-refractivity contribution in [2.75, 3.05) is 20.8 Å². The molecule has 10 heteroatoms. The molecule has 5 rings (SSSR count). The van der Waals surface area contributed by atoms with E-state index in [0.717, 1.165) is 21.2 Å². The Morgan fingerprint density at radius 1 is 0.864 bits per heavy atom. The lowest BCUT2D eigenvalue weighted by Gasteiger charge is -2.30. The molecule has 0 radical (unpaired) electrons. The van der Waals surface area contributed by atoms with Crippen molar-refractivity contribution in [1.29, 1.82) is 0 Å². The van der Waals surface area contributed by atoms with Crippen LogP contribution in [0.2, 0.25) is 0 Å². The molecule has 44 heavy (non-hydrogen) atoms. The largest absolute Gasteiger partial charge is 0.493 e. The molecule has 1 heterocycles. The molecular weight excluding hydrogens is 597 g/mol. The standard InChI is InChI=1S/C34H34N2O6S2/c1-41-31-15-14-28(21-32(31)42-2)44(39,40)36(22-25-11-7-4-8-12-25)23-30(37)29(19-24-9-5-3-6-10-24)35-34(38)27-13-16-33-26(20-27)17-18-43-33/h3-18,20-21,29-30,37H,19,22-23H2,1-2H3,(H,35,38)/t29-,30+/m0/s1. The third-order valence-corrected chi connectivity index (χ3v) is 10.1. The smallest absolute Gasteiger partial charge is 0.251 e. The van der Waals surface area contributed by atoms with Gasteiger partial charge >= 0.3 is 0 Å². The van der Waals surface area contributed by atoms with E-state index in [-0.39, 0.29) is 29.6 Å². The van der Waals surface area contributed by atoms with E-state index >= 15 is 0 Å². The van der Waals surface area contributed by atoms with E-state index in [1.807, 2.05) is 84.2 Å². The Kier molecular flexibility index (Phi) is 9.96. The zero-order valence-corrected chi connectivity index (χ0v) is 26.1. The minimum absolute atomic E-state index is 0.00834. The molecule has 5 aromatic rings. The quantitative estimate of drug-likeness (QED) is 0.178. The molecule has 8 nitrogen and oxygen atoms in total. The number of sulfonamides is 1. The number of carbonyl (C=O) groups excluding carboxylic acids is 1.